The van der Waals surface area contributed by atoms with E-state index in [9.17, 15) is 28.6 Å². The van der Waals surface area contributed by atoms with Crippen LogP contribution in [-0.2, 0) is 4.79 Å². The molecule has 47 heavy (non-hydrogen) atoms. The molecule has 1 amide bonds. The highest BCUT2D eigenvalue weighted by Gasteiger charge is 2.30. The maximum absolute atomic E-state index is 14.3. The van der Waals surface area contributed by atoms with Crippen molar-refractivity contribution in [2.45, 2.75) is 44.9 Å². The van der Waals surface area contributed by atoms with Gasteiger partial charge in [0.25, 0.3) is 5.91 Å². The van der Waals surface area contributed by atoms with Crippen molar-refractivity contribution in [2.24, 2.45) is 0 Å². The molecule has 9 nitrogen and oxygen atoms in total. The molecule has 0 spiro atoms. The number of oxazole rings is 1. The molecule has 11 heteroatoms. The first-order chi connectivity index (χ1) is 22.5. The highest BCUT2D eigenvalue weighted by Crippen LogP contribution is 2.43. The van der Waals surface area contributed by atoms with E-state index < -0.39 is 42.1 Å². The molecule has 0 aliphatic heterocycles. The SMILES string of the molecule is CC(C)n1c(/C=C/[C@@H](O)C[C@@H](O)CC(=O)O)c(-c2ccc(F)cc2)c(-c2ccc(F)cc2)c1C(=O)Nc1ccc(-c2ncco2)cc1. The van der Waals surface area contributed by atoms with E-state index in [-0.39, 0.29) is 18.2 Å². The highest BCUT2D eigenvalue weighted by atomic mass is 19.1. The van der Waals surface area contributed by atoms with Crippen LogP contribution in [0, 0.1) is 11.6 Å². The van der Waals surface area contributed by atoms with Crippen LogP contribution in [0.5, 0.6) is 0 Å². The number of aliphatic carboxylic acids is 1. The second kappa shape index (κ2) is 14.4. The Hall–Kier alpha value is -5.39. The number of aromatic nitrogens is 2. The fourth-order valence-electron chi connectivity index (χ4n) is 5.43. The van der Waals surface area contributed by atoms with E-state index in [2.05, 4.69) is 10.3 Å². The molecule has 0 radical (unpaired) electrons. The van der Waals surface area contributed by atoms with E-state index in [0.29, 0.717) is 45.1 Å². The summed E-state index contributed by atoms with van der Waals surface area (Å²) in [7, 11) is 0. The number of amides is 1. The van der Waals surface area contributed by atoms with E-state index in [0.717, 1.165) is 0 Å². The predicted octanol–water partition coefficient (Wildman–Crippen LogP) is 7.19. The molecular formula is C36H33F2N3O6. The molecule has 2 aromatic heterocycles. The number of carboxylic acid groups (broad SMARTS) is 1. The Morgan fingerprint density at radius 1 is 0.894 bits per heavy atom. The van der Waals surface area contributed by atoms with Gasteiger partial charge in [0.15, 0.2) is 0 Å². The van der Waals surface area contributed by atoms with Gasteiger partial charge in [-0.05, 0) is 79.6 Å². The Labute approximate surface area is 269 Å². The van der Waals surface area contributed by atoms with Crippen molar-refractivity contribution in [1.82, 2.24) is 9.55 Å². The van der Waals surface area contributed by atoms with E-state index in [1.54, 1.807) is 59.2 Å². The third-order valence-corrected chi connectivity index (χ3v) is 7.46. The molecule has 242 valence electrons. The number of rotatable bonds is 12. The number of aliphatic hydroxyl groups excluding tert-OH is 2. The van der Waals surface area contributed by atoms with Gasteiger partial charge in [0.05, 0.1) is 24.8 Å². The average molecular weight is 642 g/mol. The van der Waals surface area contributed by atoms with Crippen LogP contribution >= 0.6 is 0 Å². The minimum absolute atomic E-state index is 0.225. The van der Waals surface area contributed by atoms with Crippen molar-refractivity contribution < 1.29 is 38.1 Å². The predicted molar refractivity (Wildman–Crippen MR) is 173 cm³/mol. The van der Waals surface area contributed by atoms with Gasteiger partial charge in [0, 0.05) is 40.5 Å². The minimum atomic E-state index is -1.29. The molecule has 4 N–H and O–H groups in total. The molecule has 5 aromatic rings. The lowest BCUT2D eigenvalue weighted by Gasteiger charge is -2.17. The summed E-state index contributed by atoms with van der Waals surface area (Å²) in [5.41, 5.74) is 3.92. The third-order valence-electron chi connectivity index (χ3n) is 7.46. The fourth-order valence-corrected chi connectivity index (χ4v) is 5.43. The van der Waals surface area contributed by atoms with Gasteiger partial charge in [-0.3, -0.25) is 9.59 Å². The number of carboxylic acids is 1. The van der Waals surface area contributed by atoms with Gasteiger partial charge < -0.3 is 29.6 Å². The molecule has 3 aromatic carbocycles. The summed E-state index contributed by atoms with van der Waals surface area (Å²) in [6.45, 7) is 3.74. The summed E-state index contributed by atoms with van der Waals surface area (Å²) in [6, 6.07) is 18.0. The molecule has 0 aliphatic carbocycles. The van der Waals surface area contributed by atoms with E-state index in [1.807, 2.05) is 13.8 Å². The number of carbonyl (C=O) groups excluding carboxylic acids is 1. The first kappa shape index (κ1) is 33.0. The van der Waals surface area contributed by atoms with Crippen molar-refractivity contribution in [3.8, 4) is 33.7 Å². The second-order valence-corrected chi connectivity index (χ2v) is 11.2. The quantitative estimate of drug-likeness (QED) is 0.113. The highest BCUT2D eigenvalue weighted by molar-refractivity contribution is 6.12. The van der Waals surface area contributed by atoms with Crippen LogP contribution in [0.15, 0.2) is 95.7 Å². The molecule has 0 saturated carbocycles. The van der Waals surface area contributed by atoms with Gasteiger partial charge in [-0.1, -0.05) is 30.3 Å². The van der Waals surface area contributed by atoms with E-state index in [4.69, 9.17) is 9.52 Å². The normalized spacial score (nSPS) is 12.8. The van der Waals surface area contributed by atoms with Crippen LogP contribution in [0.1, 0.15) is 48.9 Å². The van der Waals surface area contributed by atoms with Gasteiger partial charge >= 0.3 is 5.97 Å². The lowest BCUT2D eigenvalue weighted by Crippen LogP contribution is -2.20. The molecule has 0 fully saturated rings. The Morgan fingerprint density at radius 2 is 1.47 bits per heavy atom. The molecule has 0 unspecified atom stereocenters. The second-order valence-electron chi connectivity index (χ2n) is 11.2. The van der Waals surface area contributed by atoms with Gasteiger partial charge in [-0.25, -0.2) is 13.8 Å². The van der Waals surface area contributed by atoms with Crippen LogP contribution in [0.2, 0.25) is 0 Å². The Bertz CT molecular complexity index is 1860. The van der Waals surface area contributed by atoms with Gasteiger partial charge in [-0.15, -0.1) is 0 Å². The summed E-state index contributed by atoms with van der Waals surface area (Å²) < 4.78 is 35.3. The summed E-state index contributed by atoms with van der Waals surface area (Å²) >= 11 is 0. The number of hydrogen-bond acceptors (Lipinski definition) is 6. The molecule has 2 atom stereocenters. The largest absolute Gasteiger partial charge is 0.481 e. The molecule has 0 saturated heterocycles. The van der Waals surface area contributed by atoms with Crippen molar-refractivity contribution in [3.05, 3.63) is 114 Å². The van der Waals surface area contributed by atoms with E-state index >= 15 is 0 Å². The Morgan fingerprint density at radius 3 is 2.00 bits per heavy atom. The van der Waals surface area contributed by atoms with E-state index in [1.165, 1.54) is 42.8 Å². The summed E-state index contributed by atoms with van der Waals surface area (Å²) in [5, 5.41) is 32.7. The Balaban J connectivity index is 1.67. The van der Waals surface area contributed by atoms with Crippen molar-refractivity contribution in [2.75, 3.05) is 5.32 Å². The maximum Gasteiger partial charge on any atom is 0.305 e. The summed E-state index contributed by atoms with van der Waals surface area (Å²) in [5.74, 6) is -2.20. The number of nitrogens with one attached hydrogen (secondary N) is 1. The maximum atomic E-state index is 14.3. The number of anilines is 1. The van der Waals surface area contributed by atoms with Crippen LogP contribution in [0.25, 0.3) is 39.8 Å². The number of halogens is 2. The van der Waals surface area contributed by atoms with Crippen LogP contribution in [0.4, 0.5) is 14.5 Å². The van der Waals surface area contributed by atoms with Crippen LogP contribution in [0.3, 0.4) is 0 Å². The van der Waals surface area contributed by atoms with Gasteiger partial charge in [-0.2, -0.15) is 0 Å². The molecular weight excluding hydrogens is 608 g/mol. The van der Waals surface area contributed by atoms with Crippen LogP contribution < -0.4 is 5.32 Å². The smallest absolute Gasteiger partial charge is 0.305 e. The number of nitrogens with zero attached hydrogens (tertiary/aromatic N) is 2. The molecule has 0 aliphatic rings. The standard InChI is InChI=1S/C36H33F2N3O6/c1-21(2)41-30(16-15-28(42)19-29(43)20-31(44)45)32(22-3-9-25(37)10-4-22)33(23-5-11-26(38)12-6-23)34(41)35(46)40-27-13-7-24(8-14-27)36-39-17-18-47-36/h3-18,21,28-29,42-43H,19-20H2,1-2H3,(H,40,46)(H,44,45)/b16-15+/t28-,29-/m1/s1. The lowest BCUT2D eigenvalue weighted by atomic mass is 9.94. The number of hydrogen-bond donors (Lipinski definition) is 4. The minimum Gasteiger partial charge on any atom is -0.481 e. The monoisotopic (exact) mass is 641 g/mol. The van der Waals surface area contributed by atoms with Crippen LogP contribution in [-0.4, -0.2) is 49.0 Å². The fraction of sp³-hybridized carbons (Fsp3) is 0.194. The first-order valence-corrected chi connectivity index (χ1v) is 14.9. The number of aliphatic hydroxyl groups is 2. The topological polar surface area (TPSA) is 138 Å². The lowest BCUT2D eigenvalue weighted by molar-refractivity contribution is -0.139. The number of carbonyl (C=O) groups is 2. The molecule has 0 bridgehead atoms. The average Bonchev–Trinajstić information content (AvgIpc) is 3.68. The molecule has 2 heterocycles. The van der Waals surface area contributed by atoms with Crippen molar-refractivity contribution in [1.29, 1.82) is 0 Å². The Kier molecular flexibility index (Phi) is 10.1. The summed E-state index contributed by atoms with van der Waals surface area (Å²) in [6.07, 6.45) is 2.70. The van der Waals surface area contributed by atoms with Gasteiger partial charge in [0.2, 0.25) is 5.89 Å². The first-order valence-electron chi connectivity index (χ1n) is 14.9. The van der Waals surface area contributed by atoms with Gasteiger partial charge in [0.1, 0.15) is 23.6 Å². The third kappa shape index (κ3) is 7.71. The van der Waals surface area contributed by atoms with Crippen molar-refractivity contribution >= 4 is 23.6 Å². The zero-order valence-electron chi connectivity index (χ0n) is 25.6. The zero-order valence-corrected chi connectivity index (χ0v) is 25.6. The van der Waals surface area contributed by atoms with Crippen molar-refractivity contribution in [3.63, 3.8) is 0 Å². The zero-order chi connectivity index (χ0) is 33.7. The number of benzene rings is 3. The molecule has 5 rings (SSSR count). The summed E-state index contributed by atoms with van der Waals surface area (Å²) in [4.78, 5) is 29.5.